The maximum atomic E-state index is 12.5. The van der Waals surface area contributed by atoms with E-state index in [0.29, 0.717) is 5.00 Å². The quantitative estimate of drug-likeness (QED) is 0.531. The number of rotatable bonds is 5. The summed E-state index contributed by atoms with van der Waals surface area (Å²) in [5, 5.41) is 8.67. The second-order valence-electron chi connectivity index (χ2n) is 5.62. The van der Waals surface area contributed by atoms with E-state index < -0.39 is 10.0 Å². The molecule has 26 heavy (non-hydrogen) atoms. The summed E-state index contributed by atoms with van der Waals surface area (Å²) in [6, 6.07) is 20.0. The second-order valence-corrected chi connectivity index (χ2v) is 8.36. The summed E-state index contributed by atoms with van der Waals surface area (Å²) in [4.78, 5) is 1.06. The van der Waals surface area contributed by atoms with Gasteiger partial charge in [0.25, 0.3) is 10.0 Å². The van der Waals surface area contributed by atoms with Crippen LogP contribution < -0.4 is 4.72 Å². The lowest BCUT2D eigenvalue weighted by molar-refractivity contribution is 0.601. The smallest absolute Gasteiger partial charge is 0.262 e. The van der Waals surface area contributed by atoms with Gasteiger partial charge in [0.1, 0.15) is 9.83 Å². The second kappa shape index (κ2) is 6.78. The third kappa shape index (κ3) is 3.40. The standard InChI is InChI=1S/C19H15N3O2S2/c23-26(24,15-9-5-2-6-10-15)22-18-13-16-17(20-21-19(16)25-18)12-11-14-7-3-1-4-8-14/h1-13,22H,(H,20,21)/b12-11+. The van der Waals surface area contributed by atoms with Crippen molar-refractivity contribution in [3.8, 4) is 0 Å². The minimum atomic E-state index is -3.60. The number of hydrogen-bond donors (Lipinski definition) is 2. The molecule has 2 aromatic carbocycles. The van der Waals surface area contributed by atoms with Crippen molar-refractivity contribution < 1.29 is 8.42 Å². The Morgan fingerprint density at radius 2 is 1.65 bits per heavy atom. The van der Waals surface area contributed by atoms with E-state index in [-0.39, 0.29) is 4.90 Å². The van der Waals surface area contributed by atoms with Gasteiger partial charge in [-0.2, -0.15) is 5.10 Å². The molecule has 2 aromatic heterocycles. The first-order valence-electron chi connectivity index (χ1n) is 7.91. The summed E-state index contributed by atoms with van der Waals surface area (Å²) in [6.07, 6.45) is 3.89. The van der Waals surface area contributed by atoms with Gasteiger partial charge in [0, 0.05) is 5.39 Å². The summed E-state index contributed by atoms with van der Waals surface area (Å²) in [5.74, 6) is 0. The van der Waals surface area contributed by atoms with Gasteiger partial charge >= 0.3 is 0 Å². The van der Waals surface area contributed by atoms with Crippen molar-refractivity contribution in [1.29, 1.82) is 0 Å². The molecule has 0 radical (unpaired) electrons. The molecule has 2 heterocycles. The Hall–Kier alpha value is -2.90. The Morgan fingerprint density at radius 1 is 0.962 bits per heavy atom. The van der Waals surface area contributed by atoms with Crippen LogP contribution in [0.3, 0.4) is 0 Å². The zero-order chi connectivity index (χ0) is 18.0. The van der Waals surface area contributed by atoms with Gasteiger partial charge in [0.2, 0.25) is 0 Å². The van der Waals surface area contributed by atoms with Crippen LogP contribution in [0.5, 0.6) is 0 Å². The van der Waals surface area contributed by atoms with Crippen LogP contribution in [0, 0.1) is 0 Å². The maximum Gasteiger partial charge on any atom is 0.262 e. The number of nitrogens with zero attached hydrogens (tertiary/aromatic N) is 1. The normalized spacial score (nSPS) is 12.0. The first-order valence-corrected chi connectivity index (χ1v) is 10.2. The molecule has 0 saturated heterocycles. The fourth-order valence-electron chi connectivity index (χ4n) is 2.54. The zero-order valence-electron chi connectivity index (χ0n) is 13.6. The minimum Gasteiger partial charge on any atom is -0.270 e. The molecule has 0 unspecified atom stereocenters. The molecular weight excluding hydrogens is 366 g/mol. The van der Waals surface area contributed by atoms with Crippen LogP contribution in [-0.2, 0) is 10.0 Å². The van der Waals surface area contributed by atoms with E-state index in [9.17, 15) is 8.42 Å². The fourth-order valence-corrected chi connectivity index (χ4v) is 4.76. The third-order valence-electron chi connectivity index (χ3n) is 3.81. The van der Waals surface area contributed by atoms with Crippen LogP contribution in [0.15, 0.2) is 71.6 Å². The molecule has 4 aromatic rings. The molecule has 0 fully saturated rings. The van der Waals surface area contributed by atoms with Crippen molar-refractivity contribution in [3.05, 3.63) is 78.0 Å². The molecule has 0 aliphatic rings. The Balaban J connectivity index is 1.61. The lowest BCUT2D eigenvalue weighted by Crippen LogP contribution is -2.11. The van der Waals surface area contributed by atoms with Crippen molar-refractivity contribution in [2.45, 2.75) is 4.90 Å². The number of hydrogen-bond acceptors (Lipinski definition) is 4. The Kier molecular flexibility index (Phi) is 4.32. The predicted octanol–water partition coefficient (Wildman–Crippen LogP) is 4.60. The summed E-state index contributed by atoms with van der Waals surface area (Å²) in [7, 11) is -3.60. The highest BCUT2D eigenvalue weighted by Crippen LogP contribution is 2.32. The molecule has 4 rings (SSSR count). The Morgan fingerprint density at radius 3 is 2.38 bits per heavy atom. The van der Waals surface area contributed by atoms with E-state index in [1.165, 1.54) is 11.3 Å². The number of fused-ring (bicyclic) bond motifs is 1. The van der Waals surface area contributed by atoms with Crippen LogP contribution in [0.25, 0.3) is 22.4 Å². The van der Waals surface area contributed by atoms with Gasteiger partial charge in [-0.15, -0.1) is 0 Å². The van der Waals surface area contributed by atoms with Gasteiger partial charge in [-0.05, 0) is 29.8 Å². The minimum absolute atomic E-state index is 0.236. The third-order valence-corrected chi connectivity index (χ3v) is 6.27. The summed E-state index contributed by atoms with van der Waals surface area (Å²) >= 11 is 1.32. The molecule has 5 nitrogen and oxygen atoms in total. The number of aromatic amines is 1. The van der Waals surface area contributed by atoms with Crippen LogP contribution in [0.4, 0.5) is 5.00 Å². The van der Waals surface area contributed by atoms with Crippen molar-refractivity contribution >= 4 is 48.7 Å². The highest BCUT2D eigenvalue weighted by molar-refractivity contribution is 7.93. The van der Waals surface area contributed by atoms with Gasteiger partial charge in [0.15, 0.2) is 0 Å². The van der Waals surface area contributed by atoms with E-state index in [4.69, 9.17) is 0 Å². The SMILES string of the molecule is O=S(=O)(Nc1cc2c(/C=C/c3ccccc3)n[nH]c2s1)c1ccccc1. The topological polar surface area (TPSA) is 74.8 Å². The van der Waals surface area contributed by atoms with Gasteiger partial charge in [-0.3, -0.25) is 9.82 Å². The number of nitrogens with one attached hydrogen (secondary N) is 2. The van der Waals surface area contributed by atoms with E-state index in [2.05, 4.69) is 14.9 Å². The monoisotopic (exact) mass is 381 g/mol. The van der Waals surface area contributed by atoms with Gasteiger partial charge in [-0.25, -0.2) is 8.42 Å². The van der Waals surface area contributed by atoms with E-state index in [1.54, 1.807) is 36.4 Å². The largest absolute Gasteiger partial charge is 0.270 e. The average Bonchev–Trinajstić information content (AvgIpc) is 3.21. The van der Waals surface area contributed by atoms with Gasteiger partial charge in [0.05, 0.1) is 10.6 Å². The number of benzene rings is 2. The summed E-state index contributed by atoms with van der Waals surface area (Å²) in [5.41, 5.74) is 1.84. The lowest BCUT2D eigenvalue weighted by atomic mass is 10.2. The Bertz CT molecular complexity index is 1160. The van der Waals surface area contributed by atoms with Crippen molar-refractivity contribution in [2.75, 3.05) is 4.72 Å². The van der Waals surface area contributed by atoms with Crippen LogP contribution >= 0.6 is 11.3 Å². The predicted molar refractivity (Wildman–Crippen MR) is 107 cm³/mol. The number of sulfonamides is 1. The first-order chi connectivity index (χ1) is 12.6. The summed E-state index contributed by atoms with van der Waals surface area (Å²) in [6.45, 7) is 0. The van der Waals surface area contributed by atoms with Crippen LogP contribution in [0.2, 0.25) is 0 Å². The highest BCUT2D eigenvalue weighted by atomic mass is 32.2. The molecular formula is C19H15N3O2S2. The van der Waals surface area contributed by atoms with Crippen molar-refractivity contribution in [1.82, 2.24) is 10.2 Å². The van der Waals surface area contributed by atoms with E-state index in [0.717, 1.165) is 21.5 Å². The molecule has 0 atom stereocenters. The van der Waals surface area contributed by atoms with Gasteiger partial charge in [-0.1, -0.05) is 65.9 Å². The Labute approximate surface area is 155 Å². The van der Waals surface area contributed by atoms with E-state index in [1.807, 2.05) is 42.5 Å². The number of anilines is 1. The van der Waals surface area contributed by atoms with Crippen LogP contribution in [0.1, 0.15) is 11.3 Å². The number of thiophene rings is 1. The molecule has 0 saturated carbocycles. The van der Waals surface area contributed by atoms with E-state index >= 15 is 0 Å². The molecule has 0 aliphatic heterocycles. The maximum absolute atomic E-state index is 12.5. The van der Waals surface area contributed by atoms with Gasteiger partial charge < -0.3 is 0 Å². The molecule has 0 aliphatic carbocycles. The van der Waals surface area contributed by atoms with Crippen molar-refractivity contribution in [2.24, 2.45) is 0 Å². The van der Waals surface area contributed by atoms with Crippen molar-refractivity contribution in [3.63, 3.8) is 0 Å². The summed E-state index contributed by atoms with van der Waals surface area (Å²) < 4.78 is 27.5. The average molecular weight is 381 g/mol. The molecule has 0 amide bonds. The molecule has 0 spiro atoms. The fraction of sp³-hybridized carbons (Fsp3) is 0. The molecule has 7 heteroatoms. The zero-order valence-corrected chi connectivity index (χ0v) is 15.2. The molecule has 130 valence electrons. The lowest BCUT2D eigenvalue weighted by Gasteiger charge is -2.04. The number of H-pyrrole nitrogens is 1. The molecule has 2 N–H and O–H groups in total. The molecule has 0 bridgehead atoms. The van der Waals surface area contributed by atoms with Crippen LogP contribution in [-0.4, -0.2) is 18.6 Å². The first kappa shape index (κ1) is 16.6. The highest BCUT2D eigenvalue weighted by Gasteiger charge is 2.16. The number of aromatic nitrogens is 2.